The van der Waals surface area contributed by atoms with Gasteiger partial charge in [-0.2, -0.15) is 0 Å². The molecule has 7 heteroatoms. The highest BCUT2D eigenvalue weighted by atomic mass is 16.5. The van der Waals surface area contributed by atoms with Crippen molar-refractivity contribution in [2.45, 2.75) is 71.1 Å². The normalized spacial score (nSPS) is 10.6. The molecule has 0 atom stereocenters. The smallest absolute Gasteiger partial charge is 0.343 e. The van der Waals surface area contributed by atoms with Gasteiger partial charge in [-0.1, -0.05) is 70.8 Å². The number of ether oxygens (including phenoxy) is 3. The van der Waals surface area contributed by atoms with Crippen molar-refractivity contribution in [2.75, 3.05) is 6.61 Å². The maximum absolute atomic E-state index is 12.5. The Morgan fingerprint density at radius 2 is 1.07 bits per heavy atom. The third-order valence-corrected chi connectivity index (χ3v) is 6.45. The van der Waals surface area contributed by atoms with Crippen molar-refractivity contribution in [2.24, 2.45) is 0 Å². The van der Waals surface area contributed by atoms with E-state index in [4.69, 9.17) is 19.3 Å². The van der Waals surface area contributed by atoms with Crippen molar-refractivity contribution >= 4 is 17.9 Å². The van der Waals surface area contributed by atoms with Crippen LogP contribution in [0.2, 0.25) is 0 Å². The minimum Gasteiger partial charge on any atom is -0.494 e. The predicted molar refractivity (Wildman–Crippen MR) is 154 cm³/mol. The molecule has 40 heavy (non-hydrogen) atoms. The van der Waals surface area contributed by atoms with Crippen molar-refractivity contribution in [3.8, 4) is 17.2 Å². The van der Waals surface area contributed by atoms with Gasteiger partial charge in [0.05, 0.1) is 23.3 Å². The van der Waals surface area contributed by atoms with Crippen molar-refractivity contribution < 1.29 is 33.7 Å². The minimum absolute atomic E-state index is 0.0112. The van der Waals surface area contributed by atoms with Crippen LogP contribution < -0.4 is 14.2 Å². The number of hydrogen-bond acceptors (Lipinski definition) is 6. The number of carbonyl (C=O) groups excluding carboxylic acids is 2. The first kappa shape index (κ1) is 30.4. The lowest BCUT2D eigenvalue weighted by Gasteiger charge is -2.09. The van der Waals surface area contributed by atoms with Gasteiger partial charge >= 0.3 is 17.9 Å². The van der Waals surface area contributed by atoms with Crippen molar-refractivity contribution in [1.82, 2.24) is 0 Å². The zero-order chi connectivity index (χ0) is 28.6. The van der Waals surface area contributed by atoms with E-state index in [0.717, 1.165) is 12.2 Å². The molecule has 0 amide bonds. The van der Waals surface area contributed by atoms with Gasteiger partial charge in [-0.25, -0.2) is 14.4 Å². The van der Waals surface area contributed by atoms with Gasteiger partial charge < -0.3 is 19.3 Å². The monoisotopic (exact) mass is 546 g/mol. The fourth-order valence-corrected chi connectivity index (χ4v) is 4.15. The second-order valence-corrected chi connectivity index (χ2v) is 9.69. The van der Waals surface area contributed by atoms with E-state index in [1.165, 1.54) is 106 Å². The summed E-state index contributed by atoms with van der Waals surface area (Å²) in [5, 5.41) is 9.07. The second-order valence-electron chi connectivity index (χ2n) is 9.69. The van der Waals surface area contributed by atoms with Gasteiger partial charge in [-0.3, -0.25) is 0 Å². The molecule has 7 nitrogen and oxygen atoms in total. The molecule has 0 saturated carbocycles. The molecular weight excluding hydrogens is 508 g/mol. The fraction of sp³-hybridized carbons (Fsp3) is 0.364. The Balaban J connectivity index is 1.36. The Labute approximate surface area is 236 Å². The van der Waals surface area contributed by atoms with Crippen molar-refractivity contribution in [3.63, 3.8) is 0 Å². The largest absolute Gasteiger partial charge is 0.494 e. The average Bonchev–Trinajstić information content (AvgIpc) is 2.97. The first-order chi connectivity index (χ1) is 19.5. The van der Waals surface area contributed by atoms with Gasteiger partial charge in [0.2, 0.25) is 0 Å². The summed E-state index contributed by atoms with van der Waals surface area (Å²) >= 11 is 0. The summed E-state index contributed by atoms with van der Waals surface area (Å²) in [4.78, 5) is 36.0. The van der Waals surface area contributed by atoms with E-state index in [1.807, 2.05) is 0 Å². The van der Waals surface area contributed by atoms with Crippen LogP contribution >= 0.6 is 0 Å². The Kier molecular flexibility index (Phi) is 12.7. The highest BCUT2D eigenvalue weighted by molar-refractivity contribution is 5.95. The SMILES string of the molecule is CCCCCCCCCCCCOc1ccc(OC(=O)c2ccc(C(=O)Oc3cccc(C(=O)O)c3)cc2)cc1. The average molecular weight is 547 g/mol. The Hall–Kier alpha value is -4.13. The van der Waals surface area contributed by atoms with Crippen molar-refractivity contribution in [1.29, 1.82) is 0 Å². The van der Waals surface area contributed by atoms with Crippen LogP contribution in [0.25, 0.3) is 0 Å². The summed E-state index contributed by atoms with van der Waals surface area (Å²) in [5.41, 5.74) is 0.490. The zero-order valence-electron chi connectivity index (χ0n) is 23.1. The molecule has 0 spiro atoms. The Bertz CT molecular complexity index is 1220. The first-order valence-corrected chi connectivity index (χ1v) is 14.1. The van der Waals surface area contributed by atoms with Crippen LogP contribution in [-0.2, 0) is 0 Å². The molecule has 0 unspecified atom stereocenters. The van der Waals surface area contributed by atoms with Gasteiger partial charge in [0.15, 0.2) is 0 Å². The molecular formula is C33H38O7. The van der Waals surface area contributed by atoms with Gasteiger partial charge in [0.1, 0.15) is 17.2 Å². The van der Waals surface area contributed by atoms with Crippen LogP contribution in [0.4, 0.5) is 0 Å². The summed E-state index contributed by atoms with van der Waals surface area (Å²) < 4.78 is 16.5. The van der Waals surface area contributed by atoms with E-state index >= 15 is 0 Å². The van der Waals surface area contributed by atoms with Crippen LogP contribution in [0.3, 0.4) is 0 Å². The van der Waals surface area contributed by atoms with E-state index < -0.39 is 17.9 Å². The molecule has 3 aromatic rings. The van der Waals surface area contributed by atoms with Gasteiger partial charge in [-0.05, 0) is 73.2 Å². The van der Waals surface area contributed by atoms with Gasteiger partial charge in [-0.15, -0.1) is 0 Å². The Morgan fingerprint density at radius 1 is 0.575 bits per heavy atom. The lowest BCUT2D eigenvalue weighted by atomic mass is 10.1. The zero-order valence-corrected chi connectivity index (χ0v) is 23.1. The molecule has 0 heterocycles. The molecule has 3 rings (SSSR count). The molecule has 3 aromatic carbocycles. The molecule has 0 bridgehead atoms. The second kappa shape index (κ2) is 16.7. The molecule has 0 aliphatic heterocycles. The molecule has 0 radical (unpaired) electrons. The molecule has 0 saturated heterocycles. The summed E-state index contributed by atoms with van der Waals surface area (Å²) in [6, 6.07) is 18.4. The van der Waals surface area contributed by atoms with Crippen LogP contribution in [0.1, 0.15) is 102 Å². The van der Waals surface area contributed by atoms with Crippen LogP contribution in [0, 0.1) is 0 Å². The fourth-order valence-electron chi connectivity index (χ4n) is 4.15. The molecule has 0 fully saturated rings. The third-order valence-electron chi connectivity index (χ3n) is 6.45. The van der Waals surface area contributed by atoms with E-state index in [0.29, 0.717) is 12.4 Å². The Morgan fingerprint density at radius 3 is 1.62 bits per heavy atom. The number of carboxylic acid groups (broad SMARTS) is 1. The summed E-state index contributed by atoms with van der Waals surface area (Å²) in [5.74, 6) is -1.12. The summed E-state index contributed by atoms with van der Waals surface area (Å²) in [7, 11) is 0. The van der Waals surface area contributed by atoms with E-state index in [1.54, 1.807) is 24.3 Å². The predicted octanol–water partition coefficient (Wildman–Crippen LogP) is 8.12. The molecule has 0 aromatic heterocycles. The number of carboxylic acids is 1. The number of carbonyl (C=O) groups is 3. The minimum atomic E-state index is -1.12. The number of benzene rings is 3. The number of aromatic carboxylic acids is 1. The number of unbranched alkanes of at least 4 members (excludes halogenated alkanes) is 9. The number of esters is 2. The van der Waals surface area contributed by atoms with Gasteiger partial charge in [0.25, 0.3) is 0 Å². The highest BCUT2D eigenvalue weighted by Gasteiger charge is 2.14. The van der Waals surface area contributed by atoms with Crippen LogP contribution in [0.5, 0.6) is 17.2 Å². The van der Waals surface area contributed by atoms with Crippen molar-refractivity contribution in [3.05, 3.63) is 89.5 Å². The van der Waals surface area contributed by atoms with Crippen LogP contribution in [0.15, 0.2) is 72.8 Å². The quantitative estimate of drug-likeness (QED) is 0.104. The molecule has 0 aliphatic carbocycles. The third kappa shape index (κ3) is 10.6. The molecule has 1 N–H and O–H groups in total. The lowest BCUT2D eigenvalue weighted by Crippen LogP contribution is -2.11. The summed E-state index contributed by atoms with van der Waals surface area (Å²) in [6.45, 7) is 2.91. The summed E-state index contributed by atoms with van der Waals surface area (Å²) in [6.07, 6.45) is 12.8. The maximum atomic E-state index is 12.5. The van der Waals surface area contributed by atoms with Crippen LogP contribution in [-0.4, -0.2) is 29.6 Å². The van der Waals surface area contributed by atoms with E-state index in [9.17, 15) is 14.4 Å². The maximum Gasteiger partial charge on any atom is 0.343 e. The van der Waals surface area contributed by atoms with Gasteiger partial charge in [0, 0.05) is 0 Å². The highest BCUT2D eigenvalue weighted by Crippen LogP contribution is 2.20. The molecule has 0 aliphatic rings. The topological polar surface area (TPSA) is 99.1 Å². The van der Waals surface area contributed by atoms with E-state index in [-0.39, 0.29) is 22.4 Å². The van der Waals surface area contributed by atoms with E-state index in [2.05, 4.69) is 6.92 Å². The standard InChI is InChI=1S/C33H38O7/c1-2-3-4-5-6-7-8-9-10-11-23-38-28-19-21-29(22-20-28)39-32(36)25-15-17-26(18-16-25)33(37)40-30-14-12-13-27(24-30)31(34)35/h12-22,24H,2-11,23H2,1H3,(H,34,35). The number of rotatable bonds is 17. The lowest BCUT2D eigenvalue weighted by molar-refractivity contribution is 0.0687. The first-order valence-electron chi connectivity index (χ1n) is 14.1. The number of hydrogen-bond donors (Lipinski definition) is 1. The molecule has 212 valence electrons.